The van der Waals surface area contributed by atoms with Crippen LogP contribution in [0.25, 0.3) is 0 Å². The number of benzene rings is 1. The van der Waals surface area contributed by atoms with E-state index in [1.54, 1.807) is 7.05 Å². The van der Waals surface area contributed by atoms with Crippen molar-refractivity contribution in [3.63, 3.8) is 0 Å². The van der Waals surface area contributed by atoms with Crippen molar-refractivity contribution in [1.82, 2.24) is 5.32 Å². The van der Waals surface area contributed by atoms with Crippen molar-refractivity contribution in [2.75, 3.05) is 7.05 Å². The molecular weight excluding hydrogens is 200 g/mol. The van der Waals surface area contributed by atoms with Gasteiger partial charge in [0.25, 0.3) is 0 Å². The molecule has 0 fully saturated rings. The second kappa shape index (κ2) is 5.12. The first kappa shape index (κ1) is 12.7. The van der Waals surface area contributed by atoms with Crippen molar-refractivity contribution in [3.05, 3.63) is 35.9 Å². The molecule has 0 bridgehead atoms. The van der Waals surface area contributed by atoms with Gasteiger partial charge in [0, 0.05) is 0 Å². The van der Waals surface area contributed by atoms with Crippen LogP contribution in [0.3, 0.4) is 0 Å². The van der Waals surface area contributed by atoms with E-state index in [1.165, 1.54) is 0 Å². The number of hydrogen-bond acceptors (Lipinski definition) is 2. The quantitative estimate of drug-likeness (QED) is 0.792. The molecule has 1 unspecified atom stereocenters. The zero-order valence-corrected chi connectivity index (χ0v) is 10.2. The van der Waals surface area contributed by atoms with Crippen molar-refractivity contribution in [2.24, 2.45) is 11.7 Å². The van der Waals surface area contributed by atoms with Gasteiger partial charge in [0.2, 0.25) is 5.91 Å². The topological polar surface area (TPSA) is 55.1 Å². The highest BCUT2D eigenvalue weighted by Gasteiger charge is 2.37. The van der Waals surface area contributed by atoms with Crippen LogP contribution < -0.4 is 11.1 Å². The fourth-order valence-corrected chi connectivity index (χ4v) is 2.07. The van der Waals surface area contributed by atoms with Crippen LogP contribution in [-0.2, 0) is 10.3 Å². The lowest BCUT2D eigenvalue weighted by molar-refractivity contribution is -0.125. The first-order valence-corrected chi connectivity index (χ1v) is 5.57. The summed E-state index contributed by atoms with van der Waals surface area (Å²) in [6, 6.07) is 9.64. The van der Waals surface area contributed by atoms with Gasteiger partial charge in [-0.15, -0.1) is 0 Å². The van der Waals surface area contributed by atoms with Crippen molar-refractivity contribution in [3.8, 4) is 0 Å². The van der Waals surface area contributed by atoms with E-state index in [9.17, 15) is 4.79 Å². The van der Waals surface area contributed by atoms with Crippen molar-refractivity contribution >= 4 is 5.91 Å². The fourth-order valence-electron chi connectivity index (χ4n) is 2.07. The maximum Gasteiger partial charge on any atom is 0.242 e. The zero-order chi connectivity index (χ0) is 12.2. The zero-order valence-electron chi connectivity index (χ0n) is 10.2. The highest BCUT2D eigenvalue weighted by Crippen LogP contribution is 2.28. The first-order valence-electron chi connectivity index (χ1n) is 5.57. The van der Waals surface area contributed by atoms with Gasteiger partial charge in [-0.1, -0.05) is 44.2 Å². The summed E-state index contributed by atoms with van der Waals surface area (Å²) in [7, 11) is 1.78. The number of carbonyl (C=O) groups is 1. The highest BCUT2D eigenvalue weighted by atomic mass is 16.1. The molecule has 0 saturated carbocycles. The molecule has 0 saturated heterocycles. The number of rotatable bonds is 5. The van der Waals surface area contributed by atoms with Crippen molar-refractivity contribution < 1.29 is 4.79 Å². The van der Waals surface area contributed by atoms with E-state index in [2.05, 4.69) is 19.2 Å². The van der Waals surface area contributed by atoms with E-state index >= 15 is 0 Å². The minimum atomic E-state index is -0.755. The molecule has 0 radical (unpaired) electrons. The van der Waals surface area contributed by atoms with Crippen LogP contribution in [0.1, 0.15) is 25.8 Å². The smallest absolute Gasteiger partial charge is 0.242 e. The fraction of sp³-hybridized carbons (Fsp3) is 0.462. The van der Waals surface area contributed by atoms with Gasteiger partial charge in [0.05, 0.1) is 0 Å². The summed E-state index contributed by atoms with van der Waals surface area (Å²) in [5, 5.41) is 3.09. The van der Waals surface area contributed by atoms with Gasteiger partial charge in [0.1, 0.15) is 5.54 Å². The van der Waals surface area contributed by atoms with Crippen molar-refractivity contribution in [1.29, 1.82) is 0 Å². The number of carbonyl (C=O) groups excluding carboxylic acids is 1. The summed E-state index contributed by atoms with van der Waals surface area (Å²) in [6.07, 6.45) is 0.697. The van der Waals surface area contributed by atoms with Gasteiger partial charge in [0.15, 0.2) is 0 Å². The monoisotopic (exact) mass is 220 g/mol. The van der Waals surface area contributed by atoms with Crippen molar-refractivity contribution in [2.45, 2.75) is 25.8 Å². The van der Waals surface area contributed by atoms with Crippen LogP contribution in [0.2, 0.25) is 0 Å². The van der Waals surface area contributed by atoms with Crippen LogP contribution in [0.5, 0.6) is 0 Å². The Bertz CT molecular complexity index is 348. The molecule has 0 aromatic heterocycles. The molecule has 0 aliphatic rings. The second-order valence-electron chi connectivity index (χ2n) is 4.48. The van der Waals surface area contributed by atoms with Gasteiger partial charge in [-0.3, -0.25) is 4.79 Å². The summed E-state index contributed by atoms with van der Waals surface area (Å²) in [5.74, 6) is 0.0649. The average molecular weight is 220 g/mol. The van der Waals surface area contributed by atoms with Gasteiger partial charge in [-0.25, -0.2) is 0 Å². The van der Waals surface area contributed by atoms with Crippen LogP contribution in [0, 0.1) is 5.92 Å². The van der Waals surface area contributed by atoms with Crippen LogP contribution in [0.4, 0.5) is 0 Å². The third-order valence-corrected chi connectivity index (χ3v) is 2.83. The third kappa shape index (κ3) is 2.42. The summed E-state index contributed by atoms with van der Waals surface area (Å²) >= 11 is 0. The second-order valence-corrected chi connectivity index (χ2v) is 4.48. The highest BCUT2D eigenvalue weighted by molar-refractivity contribution is 5.86. The van der Waals surface area contributed by atoms with E-state index in [0.29, 0.717) is 12.3 Å². The predicted molar refractivity (Wildman–Crippen MR) is 65.8 cm³/mol. The number of primary amides is 1. The number of hydrogen-bond donors (Lipinski definition) is 2. The van der Waals surface area contributed by atoms with E-state index in [0.717, 1.165) is 5.56 Å². The molecule has 1 rings (SSSR count). The third-order valence-electron chi connectivity index (χ3n) is 2.83. The lowest BCUT2D eigenvalue weighted by Gasteiger charge is -2.32. The number of amides is 1. The lowest BCUT2D eigenvalue weighted by atomic mass is 9.82. The Morgan fingerprint density at radius 3 is 2.31 bits per heavy atom. The molecule has 1 aromatic rings. The molecule has 0 spiro atoms. The first-order chi connectivity index (χ1) is 7.53. The molecule has 16 heavy (non-hydrogen) atoms. The minimum Gasteiger partial charge on any atom is -0.368 e. The summed E-state index contributed by atoms with van der Waals surface area (Å²) in [5.41, 5.74) is 5.74. The molecule has 1 aromatic carbocycles. The van der Waals surface area contributed by atoms with Gasteiger partial charge < -0.3 is 11.1 Å². The number of nitrogens with one attached hydrogen (secondary N) is 1. The molecule has 0 aliphatic heterocycles. The standard InChI is InChI=1S/C13H20N2O/c1-10(2)9-13(15-3,12(14)16)11-7-5-4-6-8-11/h4-8,10,15H,9H2,1-3H3,(H2,14,16). The van der Waals surface area contributed by atoms with Crippen LogP contribution in [0.15, 0.2) is 30.3 Å². The summed E-state index contributed by atoms with van der Waals surface area (Å²) < 4.78 is 0. The molecule has 3 nitrogen and oxygen atoms in total. The molecule has 3 N–H and O–H groups in total. The van der Waals surface area contributed by atoms with Gasteiger partial charge in [-0.05, 0) is 24.9 Å². The Morgan fingerprint density at radius 1 is 1.38 bits per heavy atom. The van der Waals surface area contributed by atoms with E-state index < -0.39 is 5.54 Å². The Balaban J connectivity index is 3.18. The molecule has 88 valence electrons. The Hall–Kier alpha value is -1.35. The minimum absolute atomic E-state index is 0.324. The molecule has 3 heteroatoms. The van der Waals surface area contributed by atoms with Gasteiger partial charge >= 0.3 is 0 Å². The maximum absolute atomic E-state index is 11.7. The Kier molecular flexibility index (Phi) is 4.07. The SMILES string of the molecule is CNC(CC(C)C)(C(N)=O)c1ccccc1. The Morgan fingerprint density at radius 2 is 1.94 bits per heavy atom. The normalized spacial score (nSPS) is 14.8. The summed E-state index contributed by atoms with van der Waals surface area (Å²) in [4.78, 5) is 11.7. The molecule has 0 heterocycles. The van der Waals surface area contributed by atoms with Crippen LogP contribution in [-0.4, -0.2) is 13.0 Å². The van der Waals surface area contributed by atoms with E-state index in [1.807, 2.05) is 30.3 Å². The van der Waals surface area contributed by atoms with E-state index in [-0.39, 0.29) is 5.91 Å². The van der Waals surface area contributed by atoms with Gasteiger partial charge in [-0.2, -0.15) is 0 Å². The average Bonchev–Trinajstić information content (AvgIpc) is 2.26. The summed E-state index contributed by atoms with van der Waals surface area (Å²) in [6.45, 7) is 4.16. The number of nitrogens with two attached hydrogens (primary N) is 1. The predicted octanol–water partition coefficient (Wildman–Crippen LogP) is 1.63. The molecule has 0 aliphatic carbocycles. The lowest BCUT2D eigenvalue weighted by Crippen LogP contribution is -2.52. The maximum atomic E-state index is 11.7. The Labute approximate surface area is 97.0 Å². The largest absolute Gasteiger partial charge is 0.368 e. The van der Waals surface area contributed by atoms with Crippen LogP contribution >= 0.6 is 0 Å². The molecule has 1 amide bonds. The number of likely N-dealkylation sites (N-methyl/N-ethyl adjacent to an activating group) is 1. The molecular formula is C13H20N2O. The van der Waals surface area contributed by atoms with E-state index in [4.69, 9.17) is 5.73 Å². The molecule has 1 atom stereocenters.